The van der Waals surface area contributed by atoms with Crippen molar-refractivity contribution in [3.8, 4) is 5.75 Å². The highest BCUT2D eigenvalue weighted by Gasteiger charge is 2.25. The lowest BCUT2D eigenvalue weighted by Gasteiger charge is -2.27. The average molecular weight is 339 g/mol. The number of nitrogens with zero attached hydrogens (tertiary/aromatic N) is 2. The van der Waals surface area contributed by atoms with Crippen molar-refractivity contribution in [3.63, 3.8) is 0 Å². The average Bonchev–Trinajstić information content (AvgIpc) is 2.96. The van der Waals surface area contributed by atoms with Crippen LogP contribution in [0, 0.1) is 6.92 Å². The number of aryl methyl sites for hydroxylation is 1. The van der Waals surface area contributed by atoms with Gasteiger partial charge in [-0.05, 0) is 41.0 Å². The molecule has 25 heavy (non-hydrogen) atoms. The molecule has 0 unspecified atom stereocenters. The van der Waals surface area contributed by atoms with Crippen LogP contribution in [-0.2, 0) is 10.8 Å². The Kier molecular flexibility index (Phi) is 5.21. The molecule has 0 aliphatic rings. The van der Waals surface area contributed by atoms with Crippen LogP contribution in [0.3, 0.4) is 0 Å². The topological polar surface area (TPSA) is 61.8 Å². The summed E-state index contributed by atoms with van der Waals surface area (Å²) in [5.74, 6) is 0.464. The van der Waals surface area contributed by atoms with Crippen LogP contribution in [0.4, 0.5) is 0 Å². The molecule has 1 heterocycles. The van der Waals surface area contributed by atoms with E-state index in [4.69, 9.17) is 0 Å². The molecule has 0 aliphatic heterocycles. The predicted molar refractivity (Wildman–Crippen MR) is 104 cm³/mol. The van der Waals surface area contributed by atoms with Gasteiger partial charge in [0.25, 0.3) is 0 Å². The van der Waals surface area contributed by atoms with Crippen LogP contribution in [0.25, 0.3) is 11.0 Å². The number of phenolic OH excluding ortho intramolecular Hbond substituents is 1. The molecular weight excluding hydrogens is 310 g/mol. The second-order valence-electron chi connectivity index (χ2n) is 8.54. The first-order chi connectivity index (χ1) is 11.5. The number of fused-ring (bicyclic) bond motifs is 1. The van der Waals surface area contributed by atoms with Crippen molar-refractivity contribution in [2.45, 2.75) is 59.3 Å². The SMILES string of the molecule is Cc1cc(C(C)(C)C)c(O)c(C(C)(C)C)c1.c1ccc2[nH]nnc2c1. The van der Waals surface area contributed by atoms with Crippen molar-refractivity contribution in [2.24, 2.45) is 0 Å². The minimum atomic E-state index is -0.0178. The number of para-hydroxylation sites is 1. The summed E-state index contributed by atoms with van der Waals surface area (Å²) in [6.07, 6.45) is 0. The lowest BCUT2D eigenvalue weighted by Crippen LogP contribution is -2.17. The largest absolute Gasteiger partial charge is 0.507 e. The van der Waals surface area contributed by atoms with E-state index in [0.717, 1.165) is 22.2 Å². The summed E-state index contributed by atoms with van der Waals surface area (Å²) in [7, 11) is 0. The van der Waals surface area contributed by atoms with Crippen LogP contribution in [-0.4, -0.2) is 20.5 Å². The van der Waals surface area contributed by atoms with Crippen LogP contribution in [0.1, 0.15) is 58.2 Å². The molecular formula is C21H29N3O. The number of nitrogens with one attached hydrogen (secondary N) is 1. The van der Waals surface area contributed by atoms with Gasteiger partial charge in [0.05, 0.1) is 5.52 Å². The molecule has 0 aliphatic carbocycles. The number of aromatic hydroxyl groups is 1. The third-order valence-corrected chi connectivity index (χ3v) is 4.10. The Morgan fingerprint density at radius 2 is 1.40 bits per heavy atom. The Balaban J connectivity index is 0.000000208. The van der Waals surface area contributed by atoms with E-state index in [1.165, 1.54) is 5.56 Å². The Morgan fingerprint density at radius 1 is 0.880 bits per heavy atom. The maximum Gasteiger partial charge on any atom is 0.123 e. The first kappa shape index (κ1) is 19.0. The summed E-state index contributed by atoms with van der Waals surface area (Å²) < 4.78 is 0. The van der Waals surface area contributed by atoms with E-state index < -0.39 is 0 Å². The van der Waals surface area contributed by atoms with Crippen molar-refractivity contribution in [1.82, 2.24) is 15.4 Å². The molecule has 1 aromatic heterocycles. The molecule has 4 nitrogen and oxygen atoms in total. The van der Waals surface area contributed by atoms with Gasteiger partial charge in [0, 0.05) is 0 Å². The van der Waals surface area contributed by atoms with E-state index in [9.17, 15) is 5.11 Å². The van der Waals surface area contributed by atoms with E-state index in [1.54, 1.807) is 0 Å². The fourth-order valence-electron chi connectivity index (χ4n) is 2.71. The number of hydrogen-bond donors (Lipinski definition) is 2. The zero-order valence-electron chi connectivity index (χ0n) is 16.3. The molecule has 0 radical (unpaired) electrons. The molecule has 0 saturated carbocycles. The maximum absolute atomic E-state index is 10.4. The molecule has 2 aromatic carbocycles. The second kappa shape index (κ2) is 6.87. The van der Waals surface area contributed by atoms with E-state index in [2.05, 4.69) is 76.0 Å². The standard InChI is InChI=1S/C15H24O.C6H5N3/c1-10-8-11(14(2,3)4)13(16)12(9-10)15(5,6)7;1-2-4-6-5(3-1)7-9-8-6/h8-9,16H,1-7H3;1-4H,(H,7,8,9). The van der Waals surface area contributed by atoms with Gasteiger partial charge in [0.15, 0.2) is 0 Å². The van der Waals surface area contributed by atoms with Gasteiger partial charge in [-0.3, -0.25) is 5.10 Å². The van der Waals surface area contributed by atoms with Gasteiger partial charge in [-0.1, -0.05) is 76.6 Å². The molecule has 3 aromatic rings. The molecule has 0 fully saturated rings. The zero-order chi connectivity index (χ0) is 18.8. The number of H-pyrrole nitrogens is 1. The third-order valence-electron chi connectivity index (χ3n) is 4.10. The molecule has 0 amide bonds. The number of rotatable bonds is 0. The van der Waals surface area contributed by atoms with Gasteiger partial charge >= 0.3 is 0 Å². The molecule has 0 saturated heterocycles. The summed E-state index contributed by atoms with van der Waals surface area (Å²) in [6, 6.07) is 11.9. The van der Waals surface area contributed by atoms with Crippen molar-refractivity contribution < 1.29 is 5.11 Å². The number of aromatic nitrogens is 3. The normalized spacial score (nSPS) is 12.0. The smallest absolute Gasteiger partial charge is 0.123 e. The first-order valence-corrected chi connectivity index (χ1v) is 8.60. The fourth-order valence-corrected chi connectivity index (χ4v) is 2.71. The van der Waals surface area contributed by atoms with Crippen LogP contribution in [0.15, 0.2) is 36.4 Å². The fraction of sp³-hybridized carbons (Fsp3) is 0.429. The minimum absolute atomic E-state index is 0.0178. The zero-order valence-corrected chi connectivity index (χ0v) is 16.3. The van der Waals surface area contributed by atoms with Gasteiger partial charge in [-0.25, -0.2) is 0 Å². The van der Waals surface area contributed by atoms with Crippen molar-refractivity contribution in [2.75, 3.05) is 0 Å². The van der Waals surface area contributed by atoms with Crippen LogP contribution < -0.4 is 0 Å². The van der Waals surface area contributed by atoms with Crippen LogP contribution in [0.2, 0.25) is 0 Å². The summed E-state index contributed by atoms with van der Waals surface area (Å²) in [5, 5.41) is 20.6. The Morgan fingerprint density at radius 3 is 1.88 bits per heavy atom. The molecule has 3 rings (SSSR count). The van der Waals surface area contributed by atoms with Crippen LogP contribution in [0.5, 0.6) is 5.75 Å². The van der Waals surface area contributed by atoms with E-state index in [0.29, 0.717) is 5.75 Å². The summed E-state index contributed by atoms with van der Waals surface area (Å²) >= 11 is 0. The van der Waals surface area contributed by atoms with E-state index in [1.807, 2.05) is 24.3 Å². The highest BCUT2D eigenvalue weighted by atomic mass is 16.3. The van der Waals surface area contributed by atoms with Gasteiger partial charge in [0.2, 0.25) is 0 Å². The highest BCUT2D eigenvalue weighted by Crippen LogP contribution is 2.39. The lowest BCUT2D eigenvalue weighted by atomic mass is 9.78. The lowest BCUT2D eigenvalue weighted by molar-refractivity contribution is 0.423. The van der Waals surface area contributed by atoms with Gasteiger partial charge in [-0.2, -0.15) is 0 Å². The summed E-state index contributed by atoms with van der Waals surface area (Å²) in [6.45, 7) is 14.9. The first-order valence-electron chi connectivity index (χ1n) is 8.60. The van der Waals surface area contributed by atoms with Crippen LogP contribution >= 0.6 is 0 Å². The summed E-state index contributed by atoms with van der Waals surface area (Å²) in [4.78, 5) is 0. The van der Waals surface area contributed by atoms with Gasteiger partial charge < -0.3 is 5.11 Å². The highest BCUT2D eigenvalue weighted by molar-refractivity contribution is 5.72. The summed E-state index contributed by atoms with van der Waals surface area (Å²) in [5.41, 5.74) is 5.16. The number of aromatic amines is 1. The van der Waals surface area contributed by atoms with Gasteiger partial charge in [-0.15, -0.1) is 5.10 Å². The number of phenols is 1. The predicted octanol–water partition coefficient (Wildman–Crippen LogP) is 5.25. The maximum atomic E-state index is 10.4. The second-order valence-corrected chi connectivity index (χ2v) is 8.54. The minimum Gasteiger partial charge on any atom is -0.507 e. The Labute approximate surface area is 150 Å². The van der Waals surface area contributed by atoms with E-state index in [-0.39, 0.29) is 10.8 Å². The monoisotopic (exact) mass is 339 g/mol. The quantitative estimate of drug-likeness (QED) is 0.588. The number of hydrogen-bond acceptors (Lipinski definition) is 3. The van der Waals surface area contributed by atoms with E-state index >= 15 is 0 Å². The Bertz CT molecular complexity index is 786. The van der Waals surface area contributed by atoms with Crippen molar-refractivity contribution in [3.05, 3.63) is 53.1 Å². The molecule has 0 atom stereocenters. The molecule has 2 N–H and O–H groups in total. The van der Waals surface area contributed by atoms with Crippen molar-refractivity contribution in [1.29, 1.82) is 0 Å². The Hall–Kier alpha value is -2.36. The molecule has 134 valence electrons. The molecule has 0 spiro atoms. The molecule has 4 heteroatoms. The third kappa shape index (κ3) is 4.59. The molecule has 0 bridgehead atoms. The van der Waals surface area contributed by atoms with Gasteiger partial charge in [0.1, 0.15) is 11.3 Å². The van der Waals surface area contributed by atoms with Crippen molar-refractivity contribution >= 4 is 11.0 Å². The number of benzene rings is 2.